The summed E-state index contributed by atoms with van der Waals surface area (Å²) in [5.74, 6) is 0.658. The van der Waals surface area contributed by atoms with Gasteiger partial charge in [0, 0.05) is 6.54 Å². The van der Waals surface area contributed by atoms with E-state index in [0.717, 1.165) is 16.8 Å². The van der Waals surface area contributed by atoms with E-state index in [-0.39, 0.29) is 0 Å². The van der Waals surface area contributed by atoms with Gasteiger partial charge in [-0.1, -0.05) is 32.4 Å². The molecule has 0 aliphatic rings. The highest BCUT2D eigenvalue weighted by molar-refractivity contribution is 7.71. The molecule has 0 saturated heterocycles. The van der Waals surface area contributed by atoms with Gasteiger partial charge in [0.25, 0.3) is 0 Å². The van der Waals surface area contributed by atoms with Crippen LogP contribution in [0.2, 0.25) is 0 Å². The van der Waals surface area contributed by atoms with E-state index in [2.05, 4.69) is 48.5 Å². The van der Waals surface area contributed by atoms with Crippen LogP contribution < -0.4 is 0 Å². The number of fused-ring (bicyclic) bond motifs is 1. The maximum absolute atomic E-state index is 5.39. The Morgan fingerprint density at radius 1 is 1.44 bits per heavy atom. The number of hydrogen-bond donors (Lipinski definition) is 1. The standard InChI is InChI=1S/C13H18N2S/c1-4-9(2)8-15-12-10(3)6-5-7-11(12)14-13(15)16/h5-7,9H,4,8H2,1-3H3,(H,14,16). The predicted molar refractivity (Wildman–Crippen MR) is 71.3 cm³/mol. The Labute approximate surface area is 101 Å². The molecule has 1 aromatic heterocycles. The number of imidazole rings is 1. The first-order valence-corrected chi connectivity index (χ1v) is 6.22. The molecule has 0 radical (unpaired) electrons. The molecular formula is C13H18N2S. The smallest absolute Gasteiger partial charge is 0.178 e. The minimum Gasteiger partial charge on any atom is -0.331 e. The lowest BCUT2D eigenvalue weighted by atomic mass is 10.1. The zero-order chi connectivity index (χ0) is 11.7. The van der Waals surface area contributed by atoms with Crippen LogP contribution in [0.1, 0.15) is 25.8 Å². The summed E-state index contributed by atoms with van der Waals surface area (Å²) in [6.45, 7) is 7.62. The molecule has 2 aromatic rings. The maximum atomic E-state index is 5.39. The van der Waals surface area contributed by atoms with Gasteiger partial charge in [-0.15, -0.1) is 0 Å². The third-order valence-electron chi connectivity index (χ3n) is 3.19. The summed E-state index contributed by atoms with van der Waals surface area (Å²) < 4.78 is 3.07. The third kappa shape index (κ3) is 1.92. The SMILES string of the molecule is CCC(C)Cn1c(=S)[nH]c2cccc(C)c21. The van der Waals surface area contributed by atoms with Crippen LogP contribution in [0.5, 0.6) is 0 Å². The molecule has 16 heavy (non-hydrogen) atoms. The van der Waals surface area contributed by atoms with Crippen molar-refractivity contribution < 1.29 is 0 Å². The van der Waals surface area contributed by atoms with Gasteiger partial charge in [0.1, 0.15) is 0 Å². The van der Waals surface area contributed by atoms with E-state index in [1.54, 1.807) is 0 Å². The Morgan fingerprint density at radius 2 is 2.19 bits per heavy atom. The van der Waals surface area contributed by atoms with Gasteiger partial charge in [0.15, 0.2) is 4.77 Å². The van der Waals surface area contributed by atoms with Crippen molar-refractivity contribution in [1.82, 2.24) is 9.55 Å². The van der Waals surface area contributed by atoms with Crippen LogP contribution in [-0.4, -0.2) is 9.55 Å². The van der Waals surface area contributed by atoms with Gasteiger partial charge in [0.05, 0.1) is 11.0 Å². The summed E-state index contributed by atoms with van der Waals surface area (Å²) in [6.07, 6.45) is 1.18. The average molecular weight is 234 g/mol. The van der Waals surface area contributed by atoms with E-state index in [0.29, 0.717) is 5.92 Å². The highest BCUT2D eigenvalue weighted by Gasteiger charge is 2.08. The molecular weight excluding hydrogens is 216 g/mol. The molecule has 0 aliphatic carbocycles. The minimum atomic E-state index is 0.658. The fraction of sp³-hybridized carbons (Fsp3) is 0.462. The first-order valence-electron chi connectivity index (χ1n) is 5.81. The molecule has 2 nitrogen and oxygen atoms in total. The number of para-hydroxylation sites is 1. The van der Waals surface area contributed by atoms with Crippen LogP contribution in [0.4, 0.5) is 0 Å². The number of nitrogens with zero attached hydrogens (tertiary/aromatic N) is 1. The van der Waals surface area contributed by atoms with Crippen molar-refractivity contribution in [3.63, 3.8) is 0 Å². The second-order valence-electron chi connectivity index (χ2n) is 4.53. The van der Waals surface area contributed by atoms with Crippen LogP contribution in [0.15, 0.2) is 18.2 Å². The van der Waals surface area contributed by atoms with Crippen LogP contribution in [0.3, 0.4) is 0 Å². The van der Waals surface area contributed by atoms with E-state index in [4.69, 9.17) is 12.2 Å². The molecule has 0 spiro atoms. The lowest BCUT2D eigenvalue weighted by molar-refractivity contribution is 0.473. The molecule has 0 aliphatic heterocycles. The molecule has 0 amide bonds. The van der Waals surface area contributed by atoms with Crippen LogP contribution in [0.25, 0.3) is 11.0 Å². The largest absolute Gasteiger partial charge is 0.331 e. The van der Waals surface area contributed by atoms with Gasteiger partial charge in [-0.3, -0.25) is 0 Å². The summed E-state index contributed by atoms with van der Waals surface area (Å²) in [4.78, 5) is 3.28. The number of H-pyrrole nitrogens is 1. The van der Waals surface area contributed by atoms with Gasteiger partial charge < -0.3 is 9.55 Å². The first-order chi connectivity index (χ1) is 7.63. The van der Waals surface area contributed by atoms with Gasteiger partial charge in [-0.25, -0.2) is 0 Å². The van der Waals surface area contributed by atoms with Crippen molar-refractivity contribution in [1.29, 1.82) is 0 Å². The van der Waals surface area contributed by atoms with Crippen molar-refractivity contribution in [3.05, 3.63) is 28.5 Å². The molecule has 1 atom stereocenters. The average Bonchev–Trinajstić information content (AvgIpc) is 2.56. The van der Waals surface area contributed by atoms with Gasteiger partial charge in [-0.05, 0) is 36.7 Å². The molecule has 2 rings (SSSR count). The number of aromatic amines is 1. The normalized spacial score (nSPS) is 13.2. The molecule has 1 N–H and O–H groups in total. The van der Waals surface area contributed by atoms with Gasteiger partial charge >= 0.3 is 0 Å². The number of aromatic nitrogens is 2. The highest BCUT2D eigenvalue weighted by Crippen LogP contribution is 2.20. The maximum Gasteiger partial charge on any atom is 0.178 e. The second-order valence-corrected chi connectivity index (χ2v) is 4.91. The predicted octanol–water partition coefficient (Wildman–Crippen LogP) is 4.05. The first kappa shape index (κ1) is 11.4. The number of aryl methyl sites for hydroxylation is 1. The molecule has 0 bridgehead atoms. The van der Waals surface area contributed by atoms with Crippen LogP contribution in [0, 0.1) is 17.6 Å². The lowest BCUT2D eigenvalue weighted by Crippen LogP contribution is -2.07. The van der Waals surface area contributed by atoms with Gasteiger partial charge in [0.2, 0.25) is 0 Å². The third-order valence-corrected chi connectivity index (χ3v) is 3.51. The Kier molecular flexibility index (Phi) is 3.15. The van der Waals surface area contributed by atoms with E-state index >= 15 is 0 Å². The van der Waals surface area contributed by atoms with Crippen LogP contribution >= 0.6 is 12.2 Å². The summed E-state index contributed by atoms with van der Waals surface area (Å²) in [7, 11) is 0. The van der Waals surface area contributed by atoms with E-state index in [1.807, 2.05) is 0 Å². The van der Waals surface area contributed by atoms with Crippen molar-refractivity contribution in [2.75, 3.05) is 0 Å². The second kappa shape index (κ2) is 4.42. The van der Waals surface area contributed by atoms with E-state index in [1.165, 1.54) is 17.5 Å². The quantitative estimate of drug-likeness (QED) is 0.794. The molecule has 0 fully saturated rings. The topological polar surface area (TPSA) is 20.7 Å². The Bertz CT molecular complexity index is 551. The van der Waals surface area contributed by atoms with Crippen molar-refractivity contribution in [3.8, 4) is 0 Å². The molecule has 1 aromatic carbocycles. The monoisotopic (exact) mass is 234 g/mol. The fourth-order valence-electron chi connectivity index (χ4n) is 2.02. The van der Waals surface area contributed by atoms with E-state index < -0.39 is 0 Å². The highest BCUT2D eigenvalue weighted by atomic mass is 32.1. The Morgan fingerprint density at radius 3 is 2.88 bits per heavy atom. The van der Waals surface area contributed by atoms with Crippen molar-refractivity contribution in [2.45, 2.75) is 33.7 Å². The summed E-state index contributed by atoms with van der Waals surface area (Å²) in [5, 5.41) is 0. The van der Waals surface area contributed by atoms with Crippen molar-refractivity contribution in [2.24, 2.45) is 5.92 Å². The molecule has 1 heterocycles. The molecule has 1 unspecified atom stereocenters. The Hall–Kier alpha value is -1.09. The number of hydrogen-bond acceptors (Lipinski definition) is 1. The molecule has 86 valence electrons. The Balaban J connectivity index is 2.59. The zero-order valence-corrected chi connectivity index (χ0v) is 10.9. The molecule has 3 heteroatoms. The minimum absolute atomic E-state index is 0.658. The molecule has 0 saturated carbocycles. The summed E-state index contributed by atoms with van der Waals surface area (Å²) in [6, 6.07) is 6.29. The number of rotatable bonds is 3. The van der Waals surface area contributed by atoms with Gasteiger partial charge in [-0.2, -0.15) is 0 Å². The van der Waals surface area contributed by atoms with Crippen LogP contribution in [-0.2, 0) is 6.54 Å². The lowest BCUT2D eigenvalue weighted by Gasteiger charge is -2.11. The summed E-state index contributed by atoms with van der Waals surface area (Å²) >= 11 is 5.39. The fourth-order valence-corrected chi connectivity index (χ4v) is 2.29. The van der Waals surface area contributed by atoms with Crippen molar-refractivity contribution >= 4 is 23.3 Å². The number of nitrogens with one attached hydrogen (secondary N) is 1. The zero-order valence-electron chi connectivity index (χ0n) is 10.1. The summed E-state index contributed by atoms with van der Waals surface area (Å²) in [5.41, 5.74) is 3.69. The number of benzene rings is 1. The van der Waals surface area contributed by atoms with E-state index in [9.17, 15) is 0 Å².